The van der Waals surface area contributed by atoms with Gasteiger partial charge < -0.3 is 15.2 Å². The molecule has 1 aliphatic heterocycles. The molecule has 1 saturated carbocycles. The Kier molecular flexibility index (Phi) is 3.12. The first-order valence-corrected chi connectivity index (χ1v) is 5.51. The van der Waals surface area contributed by atoms with Crippen LogP contribution in [0.4, 0.5) is 0 Å². The molecule has 2 rings (SSSR count). The number of aliphatic carboxylic acids is 1. The summed E-state index contributed by atoms with van der Waals surface area (Å²) in [7, 11) is 0. The molecular weight excluding hydrogens is 210 g/mol. The molecule has 1 fully saturated rings. The molecule has 5 heteroatoms. The molecule has 1 aliphatic carbocycles. The zero-order valence-corrected chi connectivity index (χ0v) is 8.94. The molecule has 5 nitrogen and oxygen atoms in total. The Morgan fingerprint density at radius 3 is 2.81 bits per heavy atom. The lowest BCUT2D eigenvalue weighted by molar-refractivity contribution is -0.141. The lowest BCUT2D eigenvalue weighted by atomic mass is 10.1. The van der Waals surface area contributed by atoms with Crippen molar-refractivity contribution in [3.05, 3.63) is 11.8 Å². The lowest BCUT2D eigenvalue weighted by Crippen LogP contribution is -2.34. The highest BCUT2D eigenvalue weighted by Crippen LogP contribution is 2.26. The fourth-order valence-corrected chi connectivity index (χ4v) is 2.17. The van der Waals surface area contributed by atoms with E-state index in [4.69, 9.17) is 9.84 Å². The van der Waals surface area contributed by atoms with E-state index in [9.17, 15) is 9.59 Å². The number of carboxylic acids is 1. The van der Waals surface area contributed by atoms with Crippen molar-refractivity contribution in [3.8, 4) is 0 Å². The second kappa shape index (κ2) is 4.55. The largest absolute Gasteiger partial charge is 0.500 e. The first kappa shape index (κ1) is 11.0. The van der Waals surface area contributed by atoms with Crippen LogP contribution in [0.15, 0.2) is 11.8 Å². The van der Waals surface area contributed by atoms with E-state index in [1.807, 2.05) is 0 Å². The van der Waals surface area contributed by atoms with Gasteiger partial charge >= 0.3 is 5.97 Å². The molecule has 88 valence electrons. The lowest BCUT2D eigenvalue weighted by Gasteiger charge is -2.12. The van der Waals surface area contributed by atoms with Crippen LogP contribution in [-0.4, -0.2) is 29.6 Å². The summed E-state index contributed by atoms with van der Waals surface area (Å²) in [5.74, 6) is -1.19. The molecule has 0 aromatic rings. The summed E-state index contributed by atoms with van der Waals surface area (Å²) in [4.78, 5) is 22.4. The second-order valence-corrected chi connectivity index (χ2v) is 4.28. The minimum atomic E-state index is -0.764. The quantitative estimate of drug-likeness (QED) is 0.739. The van der Waals surface area contributed by atoms with Gasteiger partial charge in [-0.25, -0.2) is 0 Å². The monoisotopic (exact) mass is 225 g/mol. The molecule has 0 aromatic heterocycles. The minimum absolute atomic E-state index is 0.00454. The van der Waals surface area contributed by atoms with Gasteiger partial charge in [0, 0.05) is 12.5 Å². The molecule has 2 N–H and O–H groups in total. The number of carbonyl (C=O) groups excluding carboxylic acids is 1. The summed E-state index contributed by atoms with van der Waals surface area (Å²) >= 11 is 0. The van der Waals surface area contributed by atoms with E-state index >= 15 is 0 Å². The van der Waals surface area contributed by atoms with Crippen molar-refractivity contribution >= 4 is 11.9 Å². The van der Waals surface area contributed by atoms with Crippen molar-refractivity contribution in [2.24, 2.45) is 5.92 Å². The highest BCUT2D eigenvalue weighted by atomic mass is 16.5. The van der Waals surface area contributed by atoms with Gasteiger partial charge in [-0.15, -0.1) is 0 Å². The molecule has 0 aromatic carbocycles. The van der Waals surface area contributed by atoms with Crippen molar-refractivity contribution in [3.63, 3.8) is 0 Å². The summed E-state index contributed by atoms with van der Waals surface area (Å²) < 4.78 is 4.99. The summed E-state index contributed by atoms with van der Waals surface area (Å²) in [5.41, 5.74) is 0.652. The molecule has 1 heterocycles. The Morgan fingerprint density at radius 2 is 2.25 bits per heavy atom. The molecule has 16 heavy (non-hydrogen) atoms. The number of hydrogen-bond donors (Lipinski definition) is 2. The number of rotatable bonds is 3. The Balaban J connectivity index is 1.82. The second-order valence-electron chi connectivity index (χ2n) is 4.28. The number of nitrogens with one attached hydrogen (secondary N) is 1. The van der Waals surface area contributed by atoms with Crippen molar-refractivity contribution in [1.82, 2.24) is 5.32 Å². The molecular formula is C11H15NO4. The van der Waals surface area contributed by atoms with Crippen LogP contribution in [0.25, 0.3) is 0 Å². The van der Waals surface area contributed by atoms with E-state index in [2.05, 4.69) is 5.32 Å². The van der Waals surface area contributed by atoms with Gasteiger partial charge in [0.15, 0.2) is 0 Å². The third-order valence-corrected chi connectivity index (χ3v) is 3.12. The average Bonchev–Trinajstić information content (AvgIpc) is 2.87. The van der Waals surface area contributed by atoms with Crippen molar-refractivity contribution in [2.75, 3.05) is 6.61 Å². The molecule has 0 spiro atoms. The molecule has 2 atom stereocenters. The zero-order chi connectivity index (χ0) is 11.5. The van der Waals surface area contributed by atoms with E-state index in [-0.39, 0.29) is 17.9 Å². The Labute approximate surface area is 93.5 Å². The van der Waals surface area contributed by atoms with Gasteiger partial charge in [-0.3, -0.25) is 9.59 Å². The molecule has 1 amide bonds. The first-order chi connectivity index (χ1) is 7.66. The smallest absolute Gasteiger partial charge is 0.306 e. The number of amides is 1. The van der Waals surface area contributed by atoms with Gasteiger partial charge in [-0.05, 0) is 19.3 Å². The van der Waals surface area contributed by atoms with Crippen LogP contribution in [0.2, 0.25) is 0 Å². The number of carboxylic acid groups (broad SMARTS) is 1. The van der Waals surface area contributed by atoms with Crippen LogP contribution < -0.4 is 5.32 Å². The Bertz CT molecular complexity index is 337. The molecule has 0 radical (unpaired) electrons. The summed E-state index contributed by atoms with van der Waals surface area (Å²) in [6.45, 7) is 0.561. The Hall–Kier alpha value is -1.52. The molecule has 2 aliphatic rings. The Morgan fingerprint density at radius 1 is 1.44 bits per heavy atom. The van der Waals surface area contributed by atoms with Gasteiger partial charge in [0.2, 0.25) is 0 Å². The van der Waals surface area contributed by atoms with Crippen molar-refractivity contribution in [1.29, 1.82) is 0 Å². The van der Waals surface area contributed by atoms with Gasteiger partial charge in [-0.2, -0.15) is 0 Å². The normalized spacial score (nSPS) is 28.4. The van der Waals surface area contributed by atoms with Crippen LogP contribution >= 0.6 is 0 Å². The summed E-state index contributed by atoms with van der Waals surface area (Å²) in [6.07, 6.45) is 4.06. The average molecular weight is 225 g/mol. The number of hydrogen-bond acceptors (Lipinski definition) is 3. The van der Waals surface area contributed by atoms with Gasteiger partial charge in [0.25, 0.3) is 5.91 Å². The molecule has 0 saturated heterocycles. The predicted octanol–water partition coefficient (Wildman–Crippen LogP) is 0.660. The maximum atomic E-state index is 11.7. The highest BCUT2D eigenvalue weighted by Gasteiger charge is 2.31. The summed E-state index contributed by atoms with van der Waals surface area (Å²) in [6, 6.07) is -0.00454. The molecule has 0 bridgehead atoms. The maximum Gasteiger partial charge on any atom is 0.306 e. The van der Waals surface area contributed by atoms with Gasteiger partial charge in [0.1, 0.15) is 0 Å². The zero-order valence-electron chi connectivity index (χ0n) is 8.94. The van der Waals surface area contributed by atoms with Crippen LogP contribution in [-0.2, 0) is 14.3 Å². The third kappa shape index (κ3) is 2.35. The minimum Gasteiger partial charge on any atom is -0.500 e. The van der Waals surface area contributed by atoms with Crippen LogP contribution in [0.5, 0.6) is 0 Å². The van der Waals surface area contributed by atoms with Crippen molar-refractivity contribution in [2.45, 2.75) is 31.7 Å². The number of ether oxygens (including phenoxy) is 1. The fourth-order valence-electron chi connectivity index (χ4n) is 2.17. The fraction of sp³-hybridized carbons (Fsp3) is 0.636. The van der Waals surface area contributed by atoms with Gasteiger partial charge in [-0.1, -0.05) is 0 Å². The van der Waals surface area contributed by atoms with E-state index < -0.39 is 5.97 Å². The van der Waals surface area contributed by atoms with Crippen LogP contribution in [0.3, 0.4) is 0 Å². The predicted molar refractivity (Wildman–Crippen MR) is 55.6 cm³/mol. The van der Waals surface area contributed by atoms with E-state index in [0.717, 1.165) is 6.42 Å². The topological polar surface area (TPSA) is 75.6 Å². The number of carbonyl (C=O) groups is 2. The highest BCUT2D eigenvalue weighted by molar-refractivity contribution is 5.93. The van der Waals surface area contributed by atoms with Crippen LogP contribution in [0, 0.1) is 5.92 Å². The summed E-state index contributed by atoms with van der Waals surface area (Å²) in [5, 5.41) is 11.7. The van der Waals surface area contributed by atoms with E-state index in [1.165, 1.54) is 6.26 Å². The standard InChI is InChI=1S/C11H15NO4/c13-10(8-3-4-16-6-8)12-9-2-1-7(5-9)11(14)15/h6-7,9H,1-5H2,(H,12,13)(H,14,15). The van der Waals surface area contributed by atoms with E-state index in [0.29, 0.717) is 31.4 Å². The van der Waals surface area contributed by atoms with Crippen LogP contribution in [0.1, 0.15) is 25.7 Å². The van der Waals surface area contributed by atoms with Gasteiger partial charge in [0.05, 0.1) is 24.4 Å². The molecule has 2 unspecified atom stereocenters. The van der Waals surface area contributed by atoms with Crippen molar-refractivity contribution < 1.29 is 19.4 Å². The maximum absolute atomic E-state index is 11.7. The third-order valence-electron chi connectivity index (χ3n) is 3.12. The SMILES string of the molecule is O=C(NC1CCC(C(=O)O)C1)C1=COCC1. The van der Waals surface area contributed by atoms with E-state index in [1.54, 1.807) is 0 Å². The first-order valence-electron chi connectivity index (χ1n) is 5.51.